The molecule has 0 amide bonds. The fourth-order valence-corrected chi connectivity index (χ4v) is 3.72. The van der Waals surface area contributed by atoms with E-state index in [9.17, 15) is 4.79 Å². The lowest BCUT2D eigenvalue weighted by Crippen LogP contribution is -2.38. The molecule has 1 aliphatic rings. The van der Waals surface area contributed by atoms with E-state index in [1.807, 2.05) is 20.8 Å². The Morgan fingerprint density at radius 1 is 1.26 bits per heavy atom. The van der Waals surface area contributed by atoms with Crippen LogP contribution >= 0.6 is 11.8 Å². The molecule has 1 rings (SSSR count). The van der Waals surface area contributed by atoms with Gasteiger partial charge in [0.15, 0.2) is 0 Å². The largest absolute Gasteiger partial charge is 0.459 e. The summed E-state index contributed by atoms with van der Waals surface area (Å²) in [4.78, 5) is 11.8. The van der Waals surface area contributed by atoms with E-state index in [0.717, 1.165) is 6.54 Å². The summed E-state index contributed by atoms with van der Waals surface area (Å²) < 4.78 is 5.38. The standard InChI is InChI=1S/C15H29NO2S/c1-5-16-12-9-7-6-8-10-13(12)19-11-14(17)18-15(2,3)4/h12-13,16H,5-11H2,1-4H3. The number of hydrogen-bond donors (Lipinski definition) is 1. The Morgan fingerprint density at radius 3 is 2.58 bits per heavy atom. The van der Waals surface area contributed by atoms with Crippen molar-refractivity contribution in [3.8, 4) is 0 Å². The molecule has 0 bridgehead atoms. The van der Waals surface area contributed by atoms with Crippen LogP contribution in [0.4, 0.5) is 0 Å². The van der Waals surface area contributed by atoms with Crippen LogP contribution in [-0.2, 0) is 9.53 Å². The minimum atomic E-state index is -0.373. The van der Waals surface area contributed by atoms with Crippen LogP contribution in [0.2, 0.25) is 0 Å². The highest BCUT2D eigenvalue weighted by Gasteiger charge is 2.25. The molecule has 2 unspecified atom stereocenters. The number of thioether (sulfide) groups is 1. The molecule has 0 radical (unpaired) electrons. The molecule has 1 fully saturated rings. The molecular formula is C15H29NO2S. The number of esters is 1. The summed E-state index contributed by atoms with van der Waals surface area (Å²) in [5.74, 6) is 0.390. The molecule has 1 aliphatic carbocycles. The normalized spacial score (nSPS) is 24.8. The van der Waals surface area contributed by atoms with Crippen molar-refractivity contribution in [3.05, 3.63) is 0 Å². The molecule has 3 nitrogen and oxygen atoms in total. The van der Waals surface area contributed by atoms with E-state index in [-0.39, 0.29) is 11.6 Å². The summed E-state index contributed by atoms with van der Waals surface area (Å²) >= 11 is 1.77. The predicted molar refractivity (Wildman–Crippen MR) is 82.6 cm³/mol. The van der Waals surface area contributed by atoms with Crippen molar-refractivity contribution in [2.75, 3.05) is 12.3 Å². The number of carbonyl (C=O) groups is 1. The molecular weight excluding hydrogens is 258 g/mol. The molecule has 0 aromatic carbocycles. The third-order valence-corrected chi connectivity index (χ3v) is 4.65. The quantitative estimate of drug-likeness (QED) is 0.621. The Labute approximate surface area is 122 Å². The van der Waals surface area contributed by atoms with Gasteiger partial charge in [-0.2, -0.15) is 0 Å². The zero-order valence-electron chi connectivity index (χ0n) is 12.8. The lowest BCUT2D eigenvalue weighted by Gasteiger charge is -2.26. The maximum absolute atomic E-state index is 11.8. The molecule has 1 saturated carbocycles. The van der Waals surface area contributed by atoms with Crippen molar-refractivity contribution < 1.29 is 9.53 Å². The summed E-state index contributed by atoms with van der Waals surface area (Å²) in [6.45, 7) is 8.92. The van der Waals surface area contributed by atoms with Crippen LogP contribution in [0.1, 0.15) is 59.8 Å². The molecule has 2 atom stereocenters. The Bertz CT molecular complexity index is 276. The lowest BCUT2D eigenvalue weighted by atomic mass is 10.1. The first-order chi connectivity index (χ1) is 8.92. The maximum atomic E-state index is 11.8. The van der Waals surface area contributed by atoms with Gasteiger partial charge in [-0.3, -0.25) is 4.79 Å². The Balaban J connectivity index is 2.41. The van der Waals surface area contributed by atoms with Gasteiger partial charge >= 0.3 is 5.97 Å². The first-order valence-corrected chi connectivity index (χ1v) is 8.54. The van der Waals surface area contributed by atoms with E-state index in [1.165, 1.54) is 32.1 Å². The highest BCUT2D eigenvalue weighted by atomic mass is 32.2. The molecule has 0 spiro atoms. The van der Waals surface area contributed by atoms with E-state index in [1.54, 1.807) is 11.8 Å². The van der Waals surface area contributed by atoms with Crippen LogP contribution in [-0.4, -0.2) is 35.2 Å². The van der Waals surface area contributed by atoms with Crippen LogP contribution in [0.3, 0.4) is 0 Å². The first-order valence-electron chi connectivity index (χ1n) is 7.49. The minimum Gasteiger partial charge on any atom is -0.459 e. The molecule has 1 N–H and O–H groups in total. The summed E-state index contributed by atoms with van der Waals surface area (Å²) in [5, 5.41) is 4.12. The molecule has 4 heteroatoms. The minimum absolute atomic E-state index is 0.0861. The van der Waals surface area contributed by atoms with Gasteiger partial charge in [0, 0.05) is 11.3 Å². The number of carbonyl (C=O) groups excluding carboxylic acids is 1. The van der Waals surface area contributed by atoms with Gasteiger partial charge in [0.25, 0.3) is 0 Å². The Kier molecular flexibility index (Phi) is 7.22. The van der Waals surface area contributed by atoms with E-state index < -0.39 is 0 Å². The van der Waals surface area contributed by atoms with E-state index in [0.29, 0.717) is 17.0 Å². The van der Waals surface area contributed by atoms with Crippen molar-refractivity contribution >= 4 is 17.7 Å². The molecule has 112 valence electrons. The van der Waals surface area contributed by atoms with Gasteiger partial charge in [-0.1, -0.05) is 26.2 Å². The van der Waals surface area contributed by atoms with Crippen molar-refractivity contribution in [2.24, 2.45) is 0 Å². The summed E-state index contributed by atoms with van der Waals surface area (Å²) in [6, 6.07) is 0.555. The van der Waals surface area contributed by atoms with E-state index in [2.05, 4.69) is 12.2 Å². The van der Waals surface area contributed by atoms with Crippen LogP contribution in [0.5, 0.6) is 0 Å². The van der Waals surface area contributed by atoms with Gasteiger partial charge in [0.1, 0.15) is 5.60 Å². The predicted octanol–water partition coefficient (Wildman–Crippen LogP) is 3.37. The fourth-order valence-electron chi connectivity index (χ4n) is 2.51. The average molecular weight is 287 g/mol. The lowest BCUT2D eigenvalue weighted by molar-refractivity contribution is -0.151. The summed E-state index contributed by atoms with van der Waals surface area (Å²) in [6.07, 6.45) is 6.37. The number of ether oxygens (including phenoxy) is 1. The van der Waals surface area contributed by atoms with Gasteiger partial charge in [0.05, 0.1) is 5.75 Å². The third kappa shape index (κ3) is 7.21. The molecule has 19 heavy (non-hydrogen) atoms. The van der Waals surface area contributed by atoms with Gasteiger partial charge in [-0.25, -0.2) is 0 Å². The third-order valence-electron chi connectivity index (χ3n) is 3.25. The zero-order valence-corrected chi connectivity index (χ0v) is 13.6. The molecule has 0 saturated heterocycles. The van der Waals surface area contributed by atoms with Crippen molar-refractivity contribution in [1.82, 2.24) is 5.32 Å². The maximum Gasteiger partial charge on any atom is 0.316 e. The first kappa shape index (κ1) is 16.8. The molecule has 0 aromatic rings. The van der Waals surface area contributed by atoms with Crippen LogP contribution in [0.15, 0.2) is 0 Å². The second kappa shape index (κ2) is 8.15. The fraction of sp³-hybridized carbons (Fsp3) is 0.933. The van der Waals surface area contributed by atoms with Gasteiger partial charge in [-0.15, -0.1) is 11.8 Å². The zero-order chi connectivity index (χ0) is 14.3. The number of rotatable bonds is 5. The molecule has 0 aliphatic heterocycles. The number of nitrogens with one attached hydrogen (secondary N) is 1. The van der Waals surface area contributed by atoms with Gasteiger partial charge in [0.2, 0.25) is 0 Å². The second-order valence-electron chi connectivity index (χ2n) is 6.24. The average Bonchev–Trinajstić information content (AvgIpc) is 2.50. The Morgan fingerprint density at radius 2 is 1.95 bits per heavy atom. The van der Waals surface area contributed by atoms with Gasteiger partial charge in [-0.05, 0) is 40.2 Å². The van der Waals surface area contributed by atoms with Crippen LogP contribution < -0.4 is 5.32 Å². The van der Waals surface area contributed by atoms with Crippen LogP contribution in [0.25, 0.3) is 0 Å². The smallest absolute Gasteiger partial charge is 0.316 e. The highest BCUT2D eigenvalue weighted by molar-refractivity contribution is 8.00. The van der Waals surface area contributed by atoms with Crippen molar-refractivity contribution in [1.29, 1.82) is 0 Å². The van der Waals surface area contributed by atoms with E-state index >= 15 is 0 Å². The molecule has 0 aromatic heterocycles. The highest BCUT2D eigenvalue weighted by Crippen LogP contribution is 2.28. The topological polar surface area (TPSA) is 38.3 Å². The number of hydrogen-bond acceptors (Lipinski definition) is 4. The van der Waals surface area contributed by atoms with Crippen molar-refractivity contribution in [2.45, 2.75) is 76.7 Å². The van der Waals surface area contributed by atoms with Crippen LogP contribution in [0, 0.1) is 0 Å². The Hall–Kier alpha value is -0.220. The second-order valence-corrected chi connectivity index (χ2v) is 7.47. The summed E-state index contributed by atoms with van der Waals surface area (Å²) in [5.41, 5.74) is -0.373. The monoisotopic (exact) mass is 287 g/mol. The van der Waals surface area contributed by atoms with Crippen molar-refractivity contribution in [3.63, 3.8) is 0 Å². The van der Waals surface area contributed by atoms with E-state index in [4.69, 9.17) is 4.74 Å². The SMILES string of the molecule is CCNC1CCCCCC1SCC(=O)OC(C)(C)C. The molecule has 0 heterocycles. The summed E-state index contributed by atoms with van der Waals surface area (Å²) in [7, 11) is 0. The van der Waals surface area contributed by atoms with Gasteiger partial charge < -0.3 is 10.1 Å².